The number of fused-ring (bicyclic) bond motifs is 1. The van der Waals surface area contributed by atoms with Crippen molar-refractivity contribution in [2.45, 2.75) is 30.8 Å². The molecule has 7 nitrogen and oxygen atoms in total. The van der Waals surface area contributed by atoms with Gasteiger partial charge >= 0.3 is 5.69 Å². The summed E-state index contributed by atoms with van der Waals surface area (Å²) in [7, 11) is 2.09. The van der Waals surface area contributed by atoms with Crippen LogP contribution in [0, 0.1) is 5.82 Å². The Morgan fingerprint density at radius 3 is 2.63 bits per heavy atom. The van der Waals surface area contributed by atoms with Crippen molar-refractivity contribution in [3.8, 4) is 0 Å². The number of likely N-dealkylation sites (N-methyl/N-ethyl adjacent to an activating group) is 1. The van der Waals surface area contributed by atoms with E-state index in [0.29, 0.717) is 11.6 Å². The van der Waals surface area contributed by atoms with Crippen LogP contribution in [-0.2, 0) is 24.2 Å². The van der Waals surface area contributed by atoms with Crippen molar-refractivity contribution in [1.82, 2.24) is 19.9 Å². The number of aromatic nitrogens is 2. The molecule has 1 aliphatic heterocycles. The number of amides is 1. The van der Waals surface area contributed by atoms with Gasteiger partial charge in [0.2, 0.25) is 5.91 Å². The number of piperazine rings is 1. The van der Waals surface area contributed by atoms with Crippen molar-refractivity contribution in [3.63, 3.8) is 0 Å². The number of nitrogens with one attached hydrogen (secondary N) is 1. The molecule has 1 fully saturated rings. The lowest BCUT2D eigenvalue weighted by atomic mass is 10.2. The fraction of sp³-hybridized carbons (Fsp3) is 0.476. The zero-order chi connectivity index (χ0) is 21.1. The van der Waals surface area contributed by atoms with Crippen LogP contribution in [0.15, 0.2) is 34.1 Å². The van der Waals surface area contributed by atoms with E-state index in [9.17, 15) is 14.0 Å². The minimum Gasteiger partial charge on any atom is -0.351 e. The Hall–Kier alpha value is -2.39. The second-order valence-corrected chi connectivity index (χ2v) is 8.70. The fourth-order valence-electron chi connectivity index (χ4n) is 3.90. The Bertz CT molecular complexity index is 971. The average Bonchev–Trinajstić information content (AvgIpc) is 3.22. The Kier molecular flexibility index (Phi) is 6.38. The van der Waals surface area contributed by atoms with Gasteiger partial charge in [0.1, 0.15) is 10.8 Å². The highest BCUT2D eigenvalue weighted by atomic mass is 32.2. The molecule has 1 N–H and O–H groups in total. The molecule has 9 heteroatoms. The average molecular weight is 432 g/mol. The van der Waals surface area contributed by atoms with E-state index in [1.807, 2.05) is 0 Å². The standard InChI is InChI=1S/C21H26FN5O2S/c1-25-9-11-26(12-10-25)27-18-4-2-3-17(18)20(24-21(27)29)30-14-19(28)23-13-15-5-7-16(22)8-6-15/h5-8H,2-4,9-14H2,1H3,(H,23,28). The van der Waals surface area contributed by atoms with Crippen LogP contribution in [-0.4, -0.2) is 59.4 Å². The maximum absolute atomic E-state index is 13.0. The third-order valence-corrected chi connectivity index (χ3v) is 6.60. The van der Waals surface area contributed by atoms with E-state index >= 15 is 0 Å². The third kappa shape index (κ3) is 4.67. The molecule has 1 saturated heterocycles. The predicted octanol–water partition coefficient (Wildman–Crippen LogP) is 1.16. The fourth-order valence-corrected chi connectivity index (χ4v) is 4.81. The highest BCUT2D eigenvalue weighted by Gasteiger charge is 2.26. The number of nitrogens with zero attached hydrogens (tertiary/aromatic N) is 4. The second kappa shape index (κ2) is 9.18. The molecule has 0 radical (unpaired) electrons. The van der Waals surface area contributed by atoms with E-state index in [2.05, 4.69) is 27.3 Å². The summed E-state index contributed by atoms with van der Waals surface area (Å²) in [5.41, 5.74) is 2.73. The van der Waals surface area contributed by atoms with Crippen LogP contribution in [0.3, 0.4) is 0 Å². The first-order chi connectivity index (χ1) is 14.5. The first-order valence-electron chi connectivity index (χ1n) is 10.2. The summed E-state index contributed by atoms with van der Waals surface area (Å²) in [5, 5.41) is 5.61. The maximum atomic E-state index is 13.0. The van der Waals surface area contributed by atoms with Crippen LogP contribution in [0.1, 0.15) is 23.2 Å². The molecule has 4 rings (SSSR count). The smallest absolute Gasteiger partial charge is 0.351 e. The number of carbonyl (C=O) groups excluding carboxylic acids is 1. The molecule has 1 aliphatic carbocycles. The van der Waals surface area contributed by atoms with Crippen LogP contribution in [0.2, 0.25) is 0 Å². The molecule has 0 bridgehead atoms. The number of carbonyl (C=O) groups is 1. The molecular formula is C21H26FN5O2S. The highest BCUT2D eigenvalue weighted by molar-refractivity contribution is 7.99. The first-order valence-corrected chi connectivity index (χ1v) is 11.2. The van der Waals surface area contributed by atoms with Gasteiger partial charge in [0.05, 0.1) is 11.4 Å². The van der Waals surface area contributed by atoms with Crippen molar-refractivity contribution in [1.29, 1.82) is 0 Å². The number of hydrogen-bond donors (Lipinski definition) is 1. The van der Waals surface area contributed by atoms with Gasteiger partial charge in [0, 0.05) is 38.3 Å². The summed E-state index contributed by atoms with van der Waals surface area (Å²) in [6.45, 7) is 3.81. The second-order valence-electron chi connectivity index (χ2n) is 7.74. The molecule has 0 spiro atoms. The van der Waals surface area contributed by atoms with Crippen molar-refractivity contribution in [3.05, 3.63) is 57.4 Å². The van der Waals surface area contributed by atoms with Gasteiger partial charge in [-0.2, -0.15) is 4.98 Å². The third-order valence-electron chi connectivity index (χ3n) is 5.59. The van der Waals surface area contributed by atoms with Gasteiger partial charge in [-0.25, -0.2) is 13.9 Å². The number of rotatable bonds is 6. The molecule has 1 aromatic heterocycles. The van der Waals surface area contributed by atoms with Gasteiger partial charge in [-0.05, 0) is 44.0 Å². The van der Waals surface area contributed by atoms with E-state index in [1.165, 1.54) is 23.9 Å². The van der Waals surface area contributed by atoms with Crippen molar-refractivity contribution >= 4 is 17.7 Å². The molecular weight excluding hydrogens is 405 g/mol. The number of thioether (sulfide) groups is 1. The van der Waals surface area contributed by atoms with E-state index in [4.69, 9.17) is 0 Å². The number of hydrogen-bond acceptors (Lipinski definition) is 6. The zero-order valence-electron chi connectivity index (χ0n) is 17.1. The van der Waals surface area contributed by atoms with Gasteiger partial charge in [0.15, 0.2) is 0 Å². The van der Waals surface area contributed by atoms with E-state index in [-0.39, 0.29) is 23.2 Å². The summed E-state index contributed by atoms with van der Waals surface area (Å²) in [6, 6.07) is 6.04. The van der Waals surface area contributed by atoms with Gasteiger partial charge in [0.25, 0.3) is 0 Å². The van der Waals surface area contributed by atoms with Crippen LogP contribution in [0.4, 0.5) is 4.39 Å². The quantitative estimate of drug-likeness (QED) is 0.547. The summed E-state index contributed by atoms with van der Waals surface area (Å²) in [4.78, 5) is 31.7. The van der Waals surface area contributed by atoms with E-state index < -0.39 is 0 Å². The van der Waals surface area contributed by atoms with Crippen molar-refractivity contribution in [2.75, 3.05) is 44.0 Å². The first kappa shape index (κ1) is 20.9. The van der Waals surface area contributed by atoms with Crippen LogP contribution in [0.5, 0.6) is 0 Å². The topological polar surface area (TPSA) is 70.5 Å². The monoisotopic (exact) mass is 431 g/mol. The van der Waals surface area contributed by atoms with Gasteiger partial charge in [-0.15, -0.1) is 0 Å². The molecule has 0 unspecified atom stereocenters. The van der Waals surface area contributed by atoms with Crippen molar-refractivity contribution in [2.24, 2.45) is 0 Å². The summed E-state index contributed by atoms with van der Waals surface area (Å²) in [5.74, 6) is -0.244. The summed E-state index contributed by atoms with van der Waals surface area (Å²) < 4.78 is 14.7. The summed E-state index contributed by atoms with van der Waals surface area (Å²) in [6.07, 6.45) is 2.75. The Labute approximate surface area is 179 Å². The van der Waals surface area contributed by atoms with Crippen LogP contribution >= 0.6 is 11.8 Å². The molecule has 0 atom stereocenters. The van der Waals surface area contributed by atoms with Gasteiger partial charge < -0.3 is 15.2 Å². The molecule has 2 aliphatic rings. The summed E-state index contributed by atoms with van der Waals surface area (Å²) >= 11 is 1.32. The maximum Gasteiger partial charge on any atom is 0.367 e. The largest absolute Gasteiger partial charge is 0.367 e. The zero-order valence-corrected chi connectivity index (χ0v) is 17.9. The highest BCUT2D eigenvalue weighted by Crippen LogP contribution is 2.29. The van der Waals surface area contributed by atoms with E-state index in [0.717, 1.165) is 62.3 Å². The molecule has 30 heavy (non-hydrogen) atoms. The lowest BCUT2D eigenvalue weighted by molar-refractivity contribution is -0.118. The molecule has 0 saturated carbocycles. The lowest BCUT2D eigenvalue weighted by Gasteiger charge is -2.35. The predicted molar refractivity (Wildman–Crippen MR) is 115 cm³/mol. The Balaban J connectivity index is 1.41. The van der Waals surface area contributed by atoms with Crippen molar-refractivity contribution < 1.29 is 9.18 Å². The van der Waals surface area contributed by atoms with Gasteiger partial charge in [-0.3, -0.25) is 4.79 Å². The SMILES string of the molecule is CN1CCN(n2c3c(c(SCC(=O)NCc4ccc(F)cc4)nc2=O)CCC3)CC1. The van der Waals surface area contributed by atoms with Crippen LogP contribution < -0.4 is 16.0 Å². The van der Waals surface area contributed by atoms with E-state index in [1.54, 1.807) is 16.8 Å². The van der Waals surface area contributed by atoms with Gasteiger partial charge in [-0.1, -0.05) is 23.9 Å². The molecule has 2 heterocycles. The normalized spacial score (nSPS) is 16.5. The Morgan fingerprint density at radius 1 is 1.17 bits per heavy atom. The molecule has 1 aromatic carbocycles. The molecule has 1 amide bonds. The van der Waals surface area contributed by atoms with Crippen LogP contribution in [0.25, 0.3) is 0 Å². The molecule has 160 valence electrons. The Morgan fingerprint density at radius 2 is 1.90 bits per heavy atom. The minimum absolute atomic E-state index is 0.138. The lowest BCUT2D eigenvalue weighted by Crippen LogP contribution is -2.54. The minimum atomic E-state index is -0.299. The number of benzene rings is 1. The molecule has 2 aromatic rings. The number of halogens is 1.